The largest absolute Gasteiger partial charge is 2.00 e. The molecule has 0 bridgehead atoms. The van der Waals surface area contributed by atoms with Gasteiger partial charge >= 0.3 is 17.1 Å². The molecule has 0 N–H and O–H groups in total. The van der Waals surface area contributed by atoms with Gasteiger partial charge in [0.25, 0.3) is 0 Å². The van der Waals surface area contributed by atoms with Gasteiger partial charge in [-0.2, -0.15) is 0 Å². The van der Waals surface area contributed by atoms with Crippen LogP contribution in [0.1, 0.15) is 0 Å². The Kier molecular flexibility index (Phi) is 86.8. The Morgan fingerprint density at radius 2 is 1.00 bits per heavy atom. The smallest absolute Gasteiger partial charge is 0.696 e. The van der Waals surface area contributed by atoms with E-state index >= 15 is 0 Å². The Morgan fingerprint density at radius 3 is 1.00 bits per heavy atom. The molecule has 0 heterocycles. The molecular formula is C2MnN2S2. The van der Waals surface area contributed by atoms with Crippen LogP contribution in [0.25, 0.3) is 0 Å². The van der Waals surface area contributed by atoms with E-state index in [9.17, 15) is 0 Å². The van der Waals surface area contributed by atoms with Gasteiger partial charge in [0.2, 0.25) is 0 Å². The Hall–Kier alpha value is -0.0605. The van der Waals surface area contributed by atoms with Crippen LogP contribution in [0.3, 0.4) is 0 Å². The van der Waals surface area contributed by atoms with E-state index in [4.69, 9.17) is 10.5 Å². The molecule has 2 nitrogen and oxygen atoms in total. The zero-order valence-corrected chi connectivity index (χ0v) is 5.90. The second-order valence-corrected chi connectivity index (χ2v) is 0.548. The number of rotatable bonds is 0. The molecule has 0 unspecified atom stereocenters. The normalized spacial score (nSPS) is 2.00. The molecule has 7 heavy (non-hydrogen) atoms. The summed E-state index contributed by atoms with van der Waals surface area (Å²) in [5.41, 5.74) is 0. The maximum atomic E-state index is 7.13. The maximum Gasteiger partial charge on any atom is 2.00 e. The van der Waals surface area contributed by atoms with Crippen molar-refractivity contribution in [3.63, 3.8) is 0 Å². The predicted octanol–water partition coefficient (Wildman–Crippen LogP) is 0.0263. The van der Waals surface area contributed by atoms with Crippen LogP contribution >= 0.6 is 0 Å². The van der Waals surface area contributed by atoms with Gasteiger partial charge in [-0.1, -0.05) is 10.8 Å². The van der Waals surface area contributed by atoms with E-state index in [2.05, 4.69) is 25.3 Å². The fourth-order valence-corrected chi connectivity index (χ4v) is 0. The average molecular weight is 171 g/mol. The van der Waals surface area contributed by atoms with E-state index in [1.165, 1.54) is 10.8 Å². The summed E-state index contributed by atoms with van der Waals surface area (Å²) < 4.78 is 0. The monoisotopic (exact) mass is 171 g/mol. The van der Waals surface area contributed by atoms with Gasteiger partial charge in [-0.05, 0) is 0 Å². The van der Waals surface area contributed by atoms with Crippen molar-refractivity contribution < 1.29 is 17.1 Å². The molecule has 0 amide bonds. The number of hydrogen-bond acceptors (Lipinski definition) is 4. The molecule has 0 atom stereocenters. The zero-order chi connectivity index (χ0) is 5.41. The quantitative estimate of drug-likeness (QED) is 0.293. The summed E-state index contributed by atoms with van der Waals surface area (Å²) in [5.74, 6) is 0. The van der Waals surface area contributed by atoms with Crippen molar-refractivity contribution in [3.8, 4) is 10.8 Å². The van der Waals surface area contributed by atoms with Crippen molar-refractivity contribution >= 4 is 25.3 Å². The van der Waals surface area contributed by atoms with Gasteiger partial charge < -0.3 is 25.3 Å². The van der Waals surface area contributed by atoms with Gasteiger partial charge in [0, 0.05) is 0 Å². The first kappa shape index (κ1) is 15.8. The summed E-state index contributed by atoms with van der Waals surface area (Å²) in [5, 5.41) is 16.9. The van der Waals surface area contributed by atoms with E-state index in [0.717, 1.165) is 0 Å². The van der Waals surface area contributed by atoms with Crippen LogP contribution in [0.15, 0.2) is 0 Å². The minimum Gasteiger partial charge on any atom is -0.696 e. The molecule has 0 saturated heterocycles. The summed E-state index contributed by atoms with van der Waals surface area (Å²) in [4.78, 5) is 0. The van der Waals surface area contributed by atoms with Gasteiger partial charge in [0.1, 0.15) is 0 Å². The Labute approximate surface area is 63.8 Å². The number of nitriles is 2. The van der Waals surface area contributed by atoms with Crippen LogP contribution in [0.4, 0.5) is 0 Å². The van der Waals surface area contributed by atoms with Crippen molar-refractivity contribution in [2.75, 3.05) is 0 Å². The molecule has 0 rings (SSSR count). The second-order valence-electron chi connectivity index (χ2n) is 0.183. The molecule has 0 fully saturated rings. The third-order valence-electron chi connectivity index (χ3n) is 0. The first-order valence-corrected chi connectivity index (χ1v) is 1.67. The van der Waals surface area contributed by atoms with Crippen LogP contribution in [0.5, 0.6) is 0 Å². The van der Waals surface area contributed by atoms with Crippen LogP contribution in [0.2, 0.25) is 0 Å². The molecular weight excluding hydrogens is 171 g/mol. The summed E-state index contributed by atoms with van der Waals surface area (Å²) in [6, 6.07) is 0. The van der Waals surface area contributed by atoms with Crippen molar-refractivity contribution in [2.45, 2.75) is 0 Å². The van der Waals surface area contributed by atoms with Gasteiger partial charge in [-0.25, -0.2) is 10.5 Å². The third kappa shape index (κ3) is 25200. The first-order valence-electron chi connectivity index (χ1n) is 0.855. The van der Waals surface area contributed by atoms with Crippen molar-refractivity contribution in [2.24, 2.45) is 0 Å². The summed E-state index contributed by atoms with van der Waals surface area (Å²) >= 11 is 7.40. The molecule has 0 spiro atoms. The van der Waals surface area contributed by atoms with Crippen molar-refractivity contribution in [1.82, 2.24) is 0 Å². The van der Waals surface area contributed by atoms with Crippen molar-refractivity contribution in [1.29, 1.82) is 10.5 Å². The molecule has 0 aliphatic rings. The van der Waals surface area contributed by atoms with E-state index < -0.39 is 0 Å². The SMILES string of the molecule is N#C[S-].N#C[S-].[Mn+2]. The molecule has 0 aromatic rings. The van der Waals surface area contributed by atoms with Crippen molar-refractivity contribution in [3.05, 3.63) is 0 Å². The molecule has 37 valence electrons. The average Bonchev–Trinajstić information content (AvgIpc) is 1.39. The Bertz CT molecular complexity index is 68.7. The van der Waals surface area contributed by atoms with E-state index in [1.54, 1.807) is 0 Å². The van der Waals surface area contributed by atoms with E-state index in [1.807, 2.05) is 0 Å². The summed E-state index contributed by atoms with van der Waals surface area (Å²) in [7, 11) is 0. The van der Waals surface area contributed by atoms with Gasteiger partial charge in [0.15, 0.2) is 0 Å². The van der Waals surface area contributed by atoms with Crippen LogP contribution in [-0.2, 0) is 42.3 Å². The first-order chi connectivity index (χ1) is 2.83. The van der Waals surface area contributed by atoms with Gasteiger partial charge in [-0.3, -0.25) is 0 Å². The molecule has 1 radical (unpaired) electrons. The Morgan fingerprint density at radius 1 is 1.00 bits per heavy atom. The molecule has 0 saturated carbocycles. The summed E-state index contributed by atoms with van der Waals surface area (Å²) in [6.07, 6.45) is 0. The van der Waals surface area contributed by atoms with Crippen LogP contribution in [0, 0.1) is 21.3 Å². The summed E-state index contributed by atoms with van der Waals surface area (Å²) in [6.45, 7) is 0. The molecule has 0 aliphatic heterocycles. The Balaban J connectivity index is -0.0000000400. The van der Waals surface area contributed by atoms with E-state index in [-0.39, 0.29) is 17.1 Å². The second kappa shape index (κ2) is 38.5. The fraction of sp³-hybridized carbons (Fsp3) is 0. The molecule has 0 aliphatic carbocycles. The van der Waals surface area contributed by atoms with E-state index in [0.29, 0.717) is 0 Å². The minimum absolute atomic E-state index is 0. The topological polar surface area (TPSA) is 47.6 Å². The number of hydrogen-bond donors (Lipinski definition) is 0. The number of nitrogens with zero attached hydrogens (tertiary/aromatic N) is 2. The van der Waals surface area contributed by atoms with Gasteiger partial charge in [-0.15, -0.1) is 0 Å². The van der Waals surface area contributed by atoms with Gasteiger partial charge in [0.05, 0.1) is 0 Å². The predicted molar refractivity (Wildman–Crippen MR) is 26.0 cm³/mol. The molecule has 0 aromatic carbocycles. The van der Waals surface area contributed by atoms with Crippen LogP contribution in [-0.4, -0.2) is 0 Å². The fourth-order valence-electron chi connectivity index (χ4n) is 0. The maximum absolute atomic E-state index is 7.13. The molecule has 5 heteroatoms. The van der Waals surface area contributed by atoms with Crippen LogP contribution < -0.4 is 0 Å². The standard InChI is InChI=1S/2CHNS.Mn/c2*2-1-3;/h2*3H;/q;;+2/p-2. The molecule has 0 aromatic heterocycles. The zero-order valence-electron chi connectivity index (χ0n) is 3.09. The third-order valence-corrected chi connectivity index (χ3v) is 0. The number of thiocyanates is 2. The minimum atomic E-state index is 0.